The average molecular weight is 495 g/mol. The molecule has 5 heterocycles. The van der Waals surface area contributed by atoms with E-state index in [0.29, 0.717) is 36.9 Å². The first-order chi connectivity index (χ1) is 16.8. The average Bonchev–Trinajstić information content (AvgIpc) is 3.52. The topological polar surface area (TPSA) is 129 Å². The second-order valence-corrected chi connectivity index (χ2v) is 10.8. The predicted octanol–water partition coefficient (Wildman–Crippen LogP) is 2.07. The van der Waals surface area contributed by atoms with E-state index in [1.54, 1.807) is 0 Å². The van der Waals surface area contributed by atoms with E-state index >= 15 is 0 Å². The van der Waals surface area contributed by atoms with Crippen molar-refractivity contribution in [3.8, 4) is 0 Å². The van der Waals surface area contributed by atoms with Gasteiger partial charge in [0.1, 0.15) is 15.5 Å². The van der Waals surface area contributed by atoms with E-state index < -0.39 is 5.79 Å². The Morgan fingerprint density at radius 2 is 2.06 bits per heavy atom. The molecule has 3 aromatic rings. The minimum atomic E-state index is -0.714. The van der Waals surface area contributed by atoms with Crippen LogP contribution >= 0.6 is 11.3 Å². The lowest BCUT2D eigenvalue weighted by molar-refractivity contribution is -0.147. The maximum absolute atomic E-state index is 13.1. The number of ether oxygens (including phenoxy) is 2. The van der Waals surface area contributed by atoms with Crippen molar-refractivity contribution >= 4 is 39.0 Å². The number of hydrogen-bond acceptors (Lipinski definition) is 9. The first kappa shape index (κ1) is 22.7. The minimum Gasteiger partial charge on any atom is -0.397 e. The third-order valence-corrected chi connectivity index (χ3v) is 8.41. The van der Waals surface area contributed by atoms with E-state index in [0.717, 1.165) is 57.8 Å². The van der Waals surface area contributed by atoms with E-state index in [4.69, 9.17) is 25.9 Å². The molecule has 2 aliphatic heterocycles. The number of aromatic nitrogens is 2. The molecule has 5 N–H and O–H groups in total. The van der Waals surface area contributed by atoms with Crippen LogP contribution in [0, 0.1) is 13.8 Å². The number of thiophene rings is 1. The Labute approximate surface area is 207 Å². The molecule has 1 amide bonds. The summed E-state index contributed by atoms with van der Waals surface area (Å²) >= 11 is 1.36. The zero-order valence-electron chi connectivity index (χ0n) is 20.0. The highest BCUT2D eigenvalue weighted by atomic mass is 32.1. The molecular formula is C25H30N6O3S. The molecule has 2 atom stereocenters. The summed E-state index contributed by atoms with van der Waals surface area (Å²) in [5.74, 6) is 0.0520. The summed E-state index contributed by atoms with van der Waals surface area (Å²) in [5.41, 5.74) is 17.4. The third kappa shape index (κ3) is 3.85. The van der Waals surface area contributed by atoms with E-state index in [1.165, 1.54) is 11.3 Å². The lowest BCUT2D eigenvalue weighted by Crippen LogP contribution is -2.47. The molecular weight excluding hydrogens is 464 g/mol. The van der Waals surface area contributed by atoms with Crippen LogP contribution in [0.3, 0.4) is 0 Å². The van der Waals surface area contributed by atoms with Gasteiger partial charge in [0.15, 0.2) is 0 Å². The van der Waals surface area contributed by atoms with Gasteiger partial charge in [-0.3, -0.25) is 4.79 Å². The van der Waals surface area contributed by atoms with Crippen LogP contribution < -0.4 is 21.7 Å². The second kappa shape index (κ2) is 8.41. The van der Waals surface area contributed by atoms with Crippen LogP contribution in [-0.2, 0) is 22.3 Å². The molecule has 6 rings (SSSR count). The third-order valence-electron chi connectivity index (χ3n) is 7.31. The van der Waals surface area contributed by atoms with Gasteiger partial charge >= 0.3 is 0 Å². The van der Waals surface area contributed by atoms with Gasteiger partial charge in [0.2, 0.25) is 5.79 Å². The van der Waals surface area contributed by atoms with Gasteiger partial charge in [-0.05, 0) is 56.4 Å². The Hall–Kier alpha value is -2.79. The Morgan fingerprint density at radius 3 is 2.86 bits per heavy atom. The Balaban J connectivity index is 1.16. The van der Waals surface area contributed by atoms with Crippen LogP contribution in [0.1, 0.15) is 38.6 Å². The summed E-state index contributed by atoms with van der Waals surface area (Å²) in [7, 11) is 0. The molecule has 9 nitrogen and oxygen atoms in total. The van der Waals surface area contributed by atoms with Crippen molar-refractivity contribution in [3.05, 3.63) is 45.6 Å². The van der Waals surface area contributed by atoms with Crippen molar-refractivity contribution in [1.82, 2.24) is 15.3 Å². The van der Waals surface area contributed by atoms with E-state index in [1.807, 2.05) is 26.0 Å². The fraction of sp³-hybridized carbons (Fsp3) is 0.480. The maximum Gasteiger partial charge on any atom is 0.263 e. The Bertz CT molecular complexity index is 1320. The van der Waals surface area contributed by atoms with Gasteiger partial charge < -0.3 is 31.2 Å². The van der Waals surface area contributed by atoms with Gasteiger partial charge in [-0.15, -0.1) is 11.3 Å². The van der Waals surface area contributed by atoms with Gasteiger partial charge in [-0.1, -0.05) is 6.07 Å². The quantitative estimate of drug-likeness (QED) is 0.505. The molecule has 3 aromatic heterocycles. The van der Waals surface area contributed by atoms with E-state index in [-0.39, 0.29) is 18.0 Å². The molecule has 2 unspecified atom stereocenters. The first-order valence-corrected chi connectivity index (χ1v) is 12.9. The molecule has 0 bridgehead atoms. The van der Waals surface area contributed by atoms with Crippen LogP contribution in [0.15, 0.2) is 18.2 Å². The molecule has 0 aromatic carbocycles. The van der Waals surface area contributed by atoms with Crippen LogP contribution in [0.25, 0.3) is 10.2 Å². The molecule has 2 saturated heterocycles. The normalized spacial score (nSPS) is 23.2. The Morgan fingerprint density at radius 1 is 1.26 bits per heavy atom. The molecule has 0 radical (unpaired) electrons. The monoisotopic (exact) mass is 494 g/mol. The molecule has 2 fully saturated rings. The highest BCUT2D eigenvalue weighted by molar-refractivity contribution is 7.21. The lowest BCUT2D eigenvalue weighted by atomic mass is 9.91. The first-order valence-electron chi connectivity index (χ1n) is 12.1. The minimum absolute atomic E-state index is 0.0341. The number of fused-ring (bicyclic) bond motifs is 2. The zero-order valence-corrected chi connectivity index (χ0v) is 20.8. The van der Waals surface area contributed by atoms with E-state index in [2.05, 4.69) is 21.3 Å². The number of nitrogen functional groups attached to an aromatic ring is 1. The molecule has 35 heavy (non-hydrogen) atoms. The van der Waals surface area contributed by atoms with Crippen LogP contribution in [0.2, 0.25) is 0 Å². The summed E-state index contributed by atoms with van der Waals surface area (Å²) in [5, 5.41) is 4.08. The summed E-state index contributed by atoms with van der Waals surface area (Å²) < 4.78 is 11.7. The molecule has 10 heteroatoms. The second-order valence-electron chi connectivity index (χ2n) is 9.79. The number of pyridine rings is 2. The number of rotatable bonds is 3. The number of nitrogens with two attached hydrogens (primary N) is 2. The largest absolute Gasteiger partial charge is 0.397 e. The number of nitrogens with zero attached hydrogens (tertiary/aromatic N) is 3. The van der Waals surface area contributed by atoms with Gasteiger partial charge in [0.25, 0.3) is 5.91 Å². The van der Waals surface area contributed by atoms with E-state index in [9.17, 15) is 4.79 Å². The number of hydrogen-bond donors (Lipinski definition) is 3. The Kier molecular flexibility index (Phi) is 5.44. The summed E-state index contributed by atoms with van der Waals surface area (Å²) in [6.07, 6.45) is 2.37. The number of carbonyl (C=O) groups excluding carboxylic acids is 1. The van der Waals surface area contributed by atoms with Crippen LogP contribution in [-0.4, -0.2) is 60.0 Å². The maximum atomic E-state index is 13.1. The summed E-state index contributed by atoms with van der Waals surface area (Å²) in [4.78, 5) is 26.1. The highest BCUT2D eigenvalue weighted by Crippen LogP contribution is 2.36. The summed E-state index contributed by atoms with van der Waals surface area (Å²) in [6, 6.07) is 5.98. The van der Waals surface area contributed by atoms with Crippen molar-refractivity contribution in [3.63, 3.8) is 0 Å². The smallest absolute Gasteiger partial charge is 0.263 e. The number of amides is 1. The highest BCUT2D eigenvalue weighted by Gasteiger charge is 2.50. The fourth-order valence-electron chi connectivity index (χ4n) is 5.56. The van der Waals surface area contributed by atoms with Crippen molar-refractivity contribution in [2.45, 2.75) is 51.0 Å². The van der Waals surface area contributed by atoms with Gasteiger partial charge in [0.05, 0.1) is 31.5 Å². The predicted molar refractivity (Wildman–Crippen MR) is 136 cm³/mol. The number of carbonyl (C=O) groups is 1. The molecule has 1 aliphatic carbocycles. The molecule has 0 saturated carbocycles. The number of anilines is 2. The number of aryl methyl sites for hydroxylation is 3. The zero-order chi connectivity index (χ0) is 24.3. The van der Waals surface area contributed by atoms with Crippen molar-refractivity contribution in [2.24, 2.45) is 5.73 Å². The van der Waals surface area contributed by atoms with Crippen molar-refractivity contribution in [1.29, 1.82) is 0 Å². The van der Waals surface area contributed by atoms with Crippen LogP contribution in [0.4, 0.5) is 11.5 Å². The van der Waals surface area contributed by atoms with Gasteiger partial charge in [0, 0.05) is 29.4 Å². The lowest BCUT2D eigenvalue weighted by Gasteiger charge is -2.27. The standard InChI is InChI=1S/C25H30N6O3S/c1-13-9-14(2)28-24-20(13)21(27)22(35-24)23(32)29-16-4-5-17-15(10-16)3-6-19(30-17)31-11-18(26)25(12-31)33-7-8-34-25/h3,6,9,16,18H,4-5,7-8,10-12,26-27H2,1-2H3,(H,29,32). The van der Waals surface area contributed by atoms with Gasteiger partial charge in [-0.2, -0.15) is 0 Å². The molecule has 184 valence electrons. The van der Waals surface area contributed by atoms with Gasteiger partial charge in [-0.25, -0.2) is 9.97 Å². The fourth-order valence-corrected chi connectivity index (χ4v) is 6.68. The van der Waals surface area contributed by atoms with Crippen molar-refractivity contribution in [2.75, 3.05) is 36.9 Å². The molecule has 3 aliphatic rings. The van der Waals surface area contributed by atoms with Crippen molar-refractivity contribution < 1.29 is 14.3 Å². The SMILES string of the molecule is Cc1cc(C)c2c(N)c(C(=O)NC3CCc4nc(N5CC(N)C6(C5)OCCO6)ccc4C3)sc2n1. The summed E-state index contributed by atoms with van der Waals surface area (Å²) in [6.45, 7) is 6.35. The van der Waals surface area contributed by atoms with Crippen LogP contribution in [0.5, 0.6) is 0 Å². The molecule has 1 spiro atoms. The number of nitrogens with one attached hydrogen (secondary N) is 1.